The summed E-state index contributed by atoms with van der Waals surface area (Å²) in [6.45, 7) is 4.23. The maximum Gasteiger partial charge on any atom is 0.343 e. The molecular formula is C16H19N3O3. The molecule has 22 heavy (non-hydrogen) atoms. The zero-order valence-electron chi connectivity index (χ0n) is 12.6. The average molecular weight is 301 g/mol. The lowest BCUT2D eigenvalue weighted by molar-refractivity contribution is -0.392. The number of aliphatic hydroxyl groups excluding tert-OH is 1. The van der Waals surface area contributed by atoms with Crippen LogP contribution in [0.2, 0.25) is 0 Å². The van der Waals surface area contributed by atoms with Crippen LogP contribution in [0.4, 0.5) is 5.82 Å². The van der Waals surface area contributed by atoms with E-state index >= 15 is 0 Å². The summed E-state index contributed by atoms with van der Waals surface area (Å²) < 4.78 is 1.39. The van der Waals surface area contributed by atoms with Gasteiger partial charge in [-0.2, -0.15) is 0 Å². The van der Waals surface area contributed by atoms with Gasteiger partial charge >= 0.3 is 5.82 Å². The first-order valence-electron chi connectivity index (χ1n) is 7.11. The lowest BCUT2D eigenvalue weighted by Gasteiger charge is -2.04. The topological polar surface area (TPSA) is 81.2 Å². The van der Waals surface area contributed by atoms with Crippen LogP contribution in [0.25, 0.3) is 12.2 Å². The predicted molar refractivity (Wildman–Crippen MR) is 85.4 cm³/mol. The van der Waals surface area contributed by atoms with Crippen LogP contribution in [0, 0.1) is 10.1 Å². The molecule has 0 saturated heterocycles. The van der Waals surface area contributed by atoms with E-state index in [-0.39, 0.29) is 19.0 Å². The van der Waals surface area contributed by atoms with Crippen molar-refractivity contribution in [2.24, 2.45) is 0 Å². The van der Waals surface area contributed by atoms with E-state index in [1.165, 1.54) is 16.3 Å². The van der Waals surface area contributed by atoms with Crippen molar-refractivity contribution in [3.63, 3.8) is 0 Å². The maximum absolute atomic E-state index is 10.9. The van der Waals surface area contributed by atoms with Crippen molar-refractivity contribution in [1.82, 2.24) is 9.55 Å². The van der Waals surface area contributed by atoms with Crippen LogP contribution in [-0.2, 0) is 6.54 Å². The zero-order valence-corrected chi connectivity index (χ0v) is 12.6. The van der Waals surface area contributed by atoms with E-state index in [4.69, 9.17) is 5.11 Å². The highest BCUT2D eigenvalue weighted by Crippen LogP contribution is 2.18. The summed E-state index contributed by atoms with van der Waals surface area (Å²) in [6, 6.07) is 8.12. The molecule has 0 spiro atoms. The second-order valence-corrected chi connectivity index (χ2v) is 5.26. The Hall–Kier alpha value is -2.47. The van der Waals surface area contributed by atoms with Crippen molar-refractivity contribution in [2.45, 2.75) is 26.3 Å². The third kappa shape index (κ3) is 3.59. The zero-order chi connectivity index (χ0) is 16.1. The quantitative estimate of drug-likeness (QED) is 0.656. The molecule has 0 amide bonds. The molecule has 6 nitrogen and oxygen atoms in total. The summed E-state index contributed by atoms with van der Waals surface area (Å²) in [4.78, 5) is 14.5. The monoisotopic (exact) mass is 301 g/mol. The Labute approximate surface area is 128 Å². The fourth-order valence-corrected chi connectivity index (χ4v) is 2.15. The number of hydrogen-bond acceptors (Lipinski definition) is 4. The smallest absolute Gasteiger partial charge is 0.343 e. The molecule has 1 aromatic carbocycles. The Balaban J connectivity index is 2.24. The van der Waals surface area contributed by atoms with E-state index in [0.717, 1.165) is 5.56 Å². The third-order valence-corrected chi connectivity index (χ3v) is 3.40. The number of nitrogens with zero attached hydrogens (tertiary/aromatic N) is 3. The number of nitro groups is 1. The van der Waals surface area contributed by atoms with Crippen LogP contribution < -0.4 is 0 Å². The predicted octanol–water partition coefficient (Wildman–Crippen LogP) is 3.08. The minimum absolute atomic E-state index is 0.121. The van der Waals surface area contributed by atoms with Gasteiger partial charge in [0.2, 0.25) is 5.82 Å². The second-order valence-electron chi connectivity index (χ2n) is 5.26. The molecule has 1 heterocycles. The van der Waals surface area contributed by atoms with Crippen molar-refractivity contribution in [2.75, 3.05) is 6.61 Å². The van der Waals surface area contributed by atoms with Crippen molar-refractivity contribution in [3.05, 3.63) is 57.5 Å². The molecule has 0 bridgehead atoms. The summed E-state index contributed by atoms with van der Waals surface area (Å²) in [5.74, 6) is 0.807. The molecule has 2 aromatic rings. The number of aliphatic hydroxyl groups is 1. The lowest BCUT2D eigenvalue weighted by atomic mass is 10.0. The molecule has 0 saturated carbocycles. The van der Waals surface area contributed by atoms with Gasteiger partial charge in [-0.05, 0) is 28.0 Å². The maximum atomic E-state index is 10.9. The second kappa shape index (κ2) is 7.00. The number of hydrogen-bond donors (Lipinski definition) is 1. The molecule has 2 rings (SSSR count). The Bertz CT molecular complexity index is 672. The Morgan fingerprint density at radius 3 is 2.55 bits per heavy atom. The molecule has 1 N–H and O–H groups in total. The molecule has 1 aromatic heterocycles. The first kappa shape index (κ1) is 15.9. The minimum atomic E-state index is -0.503. The molecule has 0 atom stereocenters. The fraction of sp³-hybridized carbons (Fsp3) is 0.312. The van der Waals surface area contributed by atoms with E-state index in [2.05, 4.69) is 31.0 Å². The Morgan fingerprint density at radius 1 is 1.32 bits per heavy atom. The van der Waals surface area contributed by atoms with Gasteiger partial charge < -0.3 is 15.2 Å². The largest absolute Gasteiger partial charge is 0.392 e. The molecule has 0 aliphatic heterocycles. The molecule has 116 valence electrons. The summed E-state index contributed by atoms with van der Waals surface area (Å²) in [5.41, 5.74) is 2.25. The van der Waals surface area contributed by atoms with E-state index in [0.29, 0.717) is 11.7 Å². The van der Waals surface area contributed by atoms with Gasteiger partial charge in [0.25, 0.3) is 0 Å². The lowest BCUT2D eigenvalue weighted by Crippen LogP contribution is -2.07. The SMILES string of the molecule is CC(C)c1ccc(/C=C/c2ncc([N+](=O)[O-])n2CCO)cc1. The Kier molecular flexibility index (Phi) is 5.06. The molecule has 0 radical (unpaired) electrons. The van der Waals surface area contributed by atoms with Gasteiger partial charge in [0.05, 0.1) is 6.61 Å². The van der Waals surface area contributed by atoms with E-state index in [9.17, 15) is 10.1 Å². The highest BCUT2D eigenvalue weighted by Gasteiger charge is 2.17. The summed E-state index contributed by atoms with van der Waals surface area (Å²) in [7, 11) is 0. The van der Waals surface area contributed by atoms with E-state index in [1.807, 2.05) is 18.2 Å². The number of imidazole rings is 1. The summed E-state index contributed by atoms with van der Waals surface area (Å²) in [6.07, 6.45) is 4.77. The summed E-state index contributed by atoms with van der Waals surface area (Å²) in [5, 5.41) is 20.0. The van der Waals surface area contributed by atoms with E-state index < -0.39 is 4.92 Å². The van der Waals surface area contributed by atoms with Crippen molar-refractivity contribution in [1.29, 1.82) is 0 Å². The number of rotatable bonds is 6. The highest BCUT2D eigenvalue weighted by atomic mass is 16.6. The molecule has 0 aliphatic carbocycles. The molecule has 0 fully saturated rings. The van der Waals surface area contributed by atoms with Crippen LogP contribution in [0.5, 0.6) is 0 Å². The molecule has 6 heteroatoms. The van der Waals surface area contributed by atoms with Gasteiger partial charge in [-0.25, -0.2) is 9.55 Å². The summed E-state index contributed by atoms with van der Waals surface area (Å²) >= 11 is 0. The minimum Gasteiger partial charge on any atom is -0.392 e. The van der Waals surface area contributed by atoms with Gasteiger partial charge in [-0.15, -0.1) is 0 Å². The first-order valence-corrected chi connectivity index (χ1v) is 7.11. The van der Waals surface area contributed by atoms with Crippen LogP contribution >= 0.6 is 0 Å². The average Bonchev–Trinajstić information content (AvgIpc) is 2.89. The van der Waals surface area contributed by atoms with Crippen LogP contribution in [0.3, 0.4) is 0 Å². The fourth-order valence-electron chi connectivity index (χ4n) is 2.15. The highest BCUT2D eigenvalue weighted by molar-refractivity contribution is 5.67. The molecule has 0 unspecified atom stereocenters. The van der Waals surface area contributed by atoms with Crippen LogP contribution in [-0.4, -0.2) is 26.2 Å². The number of aromatic nitrogens is 2. The van der Waals surface area contributed by atoms with Crippen molar-refractivity contribution >= 4 is 18.0 Å². The first-order chi connectivity index (χ1) is 10.5. The number of benzene rings is 1. The van der Waals surface area contributed by atoms with Gasteiger partial charge in [0.1, 0.15) is 12.7 Å². The van der Waals surface area contributed by atoms with Crippen LogP contribution in [0.15, 0.2) is 30.5 Å². The molecular weight excluding hydrogens is 282 g/mol. The van der Waals surface area contributed by atoms with Crippen molar-refractivity contribution in [3.8, 4) is 0 Å². The van der Waals surface area contributed by atoms with Crippen LogP contribution in [0.1, 0.15) is 36.7 Å². The van der Waals surface area contributed by atoms with Gasteiger partial charge in [0.15, 0.2) is 0 Å². The third-order valence-electron chi connectivity index (χ3n) is 3.40. The van der Waals surface area contributed by atoms with Gasteiger partial charge in [0, 0.05) is 6.08 Å². The Morgan fingerprint density at radius 2 is 2.00 bits per heavy atom. The molecule has 0 aliphatic rings. The van der Waals surface area contributed by atoms with Gasteiger partial charge in [-0.1, -0.05) is 38.1 Å². The van der Waals surface area contributed by atoms with Gasteiger partial charge in [-0.3, -0.25) is 0 Å². The standard InChI is InChI=1S/C16H19N3O3/c1-12(2)14-6-3-13(4-7-14)5-8-15-17-11-16(19(21)22)18(15)9-10-20/h3-8,11-12,20H,9-10H2,1-2H3/b8-5+. The van der Waals surface area contributed by atoms with Crippen molar-refractivity contribution < 1.29 is 10.0 Å². The van der Waals surface area contributed by atoms with E-state index in [1.54, 1.807) is 6.08 Å². The normalized spacial score (nSPS) is 11.5.